The van der Waals surface area contributed by atoms with Crippen LogP contribution in [0.25, 0.3) is 0 Å². The average Bonchev–Trinajstić information content (AvgIpc) is 2.83. The van der Waals surface area contributed by atoms with Gasteiger partial charge in [-0.1, -0.05) is 83.5 Å². The van der Waals surface area contributed by atoms with E-state index in [1.165, 1.54) is 51.4 Å². The van der Waals surface area contributed by atoms with E-state index < -0.39 is 43.4 Å². The third-order valence-electron chi connectivity index (χ3n) is 6.03. The van der Waals surface area contributed by atoms with Crippen molar-refractivity contribution in [3.8, 4) is 0 Å². The molecular formula is C25H50O8. The lowest BCUT2D eigenvalue weighted by Gasteiger charge is -2.19. The molecule has 8 nitrogen and oxygen atoms in total. The summed E-state index contributed by atoms with van der Waals surface area (Å²) in [4.78, 5) is 12.2. The van der Waals surface area contributed by atoms with Crippen molar-refractivity contribution < 1.29 is 40.2 Å². The van der Waals surface area contributed by atoms with Gasteiger partial charge in [-0.3, -0.25) is 4.79 Å². The van der Waals surface area contributed by atoms with Crippen molar-refractivity contribution >= 4 is 5.97 Å². The van der Waals surface area contributed by atoms with E-state index in [0.29, 0.717) is 12.8 Å². The average molecular weight is 479 g/mol. The number of unbranched alkanes of at least 4 members (excludes halogenated alkanes) is 12. The molecule has 33 heavy (non-hydrogen) atoms. The summed E-state index contributed by atoms with van der Waals surface area (Å²) in [6.07, 6.45) is 13.7. The molecule has 0 amide bonds. The van der Waals surface area contributed by atoms with Gasteiger partial charge in [0.15, 0.2) is 0 Å². The van der Waals surface area contributed by atoms with Crippen LogP contribution in [0.5, 0.6) is 0 Å². The minimum Gasteiger partial charge on any atom is -0.463 e. The van der Waals surface area contributed by atoms with Crippen LogP contribution in [0.4, 0.5) is 0 Å². The fourth-order valence-corrected chi connectivity index (χ4v) is 3.89. The Hall–Kier alpha value is -0.770. The van der Waals surface area contributed by atoms with Crippen molar-refractivity contribution in [2.75, 3.05) is 26.4 Å². The van der Waals surface area contributed by atoms with E-state index in [4.69, 9.17) is 20.1 Å². The highest BCUT2D eigenvalue weighted by atomic mass is 16.5. The molecule has 0 fully saturated rings. The van der Waals surface area contributed by atoms with E-state index >= 15 is 0 Å². The Morgan fingerprint density at radius 3 is 1.36 bits per heavy atom. The predicted octanol–water partition coefficient (Wildman–Crippen LogP) is 2.45. The van der Waals surface area contributed by atoms with E-state index in [1.54, 1.807) is 0 Å². The third-order valence-corrected chi connectivity index (χ3v) is 6.03. The van der Waals surface area contributed by atoms with Crippen LogP contribution in [0.3, 0.4) is 0 Å². The van der Waals surface area contributed by atoms with E-state index in [9.17, 15) is 20.1 Å². The lowest BCUT2D eigenvalue weighted by Crippen LogP contribution is -2.28. The maximum atomic E-state index is 12.2. The van der Waals surface area contributed by atoms with Gasteiger partial charge in [-0.15, -0.1) is 0 Å². The fourth-order valence-electron chi connectivity index (χ4n) is 3.89. The molecule has 0 aromatic carbocycles. The van der Waals surface area contributed by atoms with Crippen molar-refractivity contribution in [1.29, 1.82) is 0 Å². The Bertz CT molecular complexity index is 435. The summed E-state index contributed by atoms with van der Waals surface area (Å²) < 4.78 is 5.03. The lowest BCUT2D eigenvalue weighted by atomic mass is 9.94. The summed E-state index contributed by atoms with van der Waals surface area (Å²) in [6, 6.07) is 0. The van der Waals surface area contributed by atoms with E-state index in [1.807, 2.05) is 0 Å². The van der Waals surface area contributed by atoms with Crippen molar-refractivity contribution in [2.24, 2.45) is 5.92 Å². The summed E-state index contributed by atoms with van der Waals surface area (Å²) in [5, 5.41) is 54.9. The zero-order chi connectivity index (χ0) is 24.7. The largest absolute Gasteiger partial charge is 0.463 e. The van der Waals surface area contributed by atoms with Crippen molar-refractivity contribution in [3.63, 3.8) is 0 Å². The highest BCUT2D eigenvalue weighted by molar-refractivity contribution is 5.72. The highest BCUT2D eigenvalue weighted by Gasteiger charge is 2.23. The fraction of sp³-hybridized carbons (Fsp3) is 0.960. The van der Waals surface area contributed by atoms with E-state index in [2.05, 4.69) is 0 Å². The first kappa shape index (κ1) is 32.2. The third kappa shape index (κ3) is 20.3. The standard InChI is InChI=1S/C25H50O8/c26-17-22(29)15-13-11-9-7-5-3-1-2-4-6-8-10-12-14-21(16-23(30)18-27)25(32)33-20-24(31)19-28/h21-24,26-31H,1-20H2. The van der Waals surface area contributed by atoms with Gasteiger partial charge in [-0.2, -0.15) is 0 Å². The minimum absolute atomic E-state index is 0.134. The maximum absolute atomic E-state index is 12.2. The molecule has 198 valence electrons. The molecule has 0 bridgehead atoms. The van der Waals surface area contributed by atoms with Gasteiger partial charge in [-0.05, 0) is 19.3 Å². The number of ether oxygens (including phenoxy) is 1. The molecule has 0 aliphatic rings. The quantitative estimate of drug-likeness (QED) is 0.0915. The molecule has 0 aliphatic carbocycles. The van der Waals surface area contributed by atoms with Crippen molar-refractivity contribution in [3.05, 3.63) is 0 Å². The van der Waals surface area contributed by atoms with Gasteiger partial charge >= 0.3 is 5.97 Å². The number of rotatable bonds is 24. The first-order valence-corrected chi connectivity index (χ1v) is 13.0. The number of hydrogen-bond donors (Lipinski definition) is 6. The molecule has 0 saturated carbocycles. The smallest absolute Gasteiger partial charge is 0.309 e. The summed E-state index contributed by atoms with van der Waals surface area (Å²) in [5.41, 5.74) is 0. The predicted molar refractivity (Wildman–Crippen MR) is 128 cm³/mol. The van der Waals surface area contributed by atoms with Gasteiger partial charge in [0.1, 0.15) is 12.7 Å². The summed E-state index contributed by atoms with van der Waals surface area (Å²) in [6.45, 7) is -1.29. The topological polar surface area (TPSA) is 148 Å². The molecule has 0 spiro atoms. The van der Waals surface area contributed by atoms with Crippen LogP contribution in [-0.2, 0) is 9.53 Å². The summed E-state index contributed by atoms with van der Waals surface area (Å²) >= 11 is 0. The second kappa shape index (κ2) is 23.0. The number of carbonyl (C=O) groups is 1. The van der Waals surface area contributed by atoms with Gasteiger partial charge in [-0.25, -0.2) is 0 Å². The Balaban J connectivity index is 3.68. The molecule has 8 heteroatoms. The zero-order valence-corrected chi connectivity index (χ0v) is 20.5. The lowest BCUT2D eigenvalue weighted by molar-refractivity contribution is -0.153. The SMILES string of the molecule is O=C(OCC(O)CO)C(CCCCCCCCCCCCCCCC(O)CO)CC(O)CO. The number of aliphatic hydroxyl groups is 6. The second-order valence-electron chi connectivity index (χ2n) is 9.25. The zero-order valence-electron chi connectivity index (χ0n) is 20.5. The molecule has 0 saturated heterocycles. The van der Waals surface area contributed by atoms with Gasteiger partial charge in [0.05, 0.1) is 37.9 Å². The molecule has 6 N–H and O–H groups in total. The molecule has 4 atom stereocenters. The van der Waals surface area contributed by atoms with Gasteiger partial charge in [0, 0.05) is 0 Å². The number of hydrogen-bond acceptors (Lipinski definition) is 8. The van der Waals surface area contributed by atoms with E-state index in [0.717, 1.165) is 32.1 Å². The number of esters is 1. The Morgan fingerprint density at radius 2 is 0.939 bits per heavy atom. The van der Waals surface area contributed by atoms with Crippen LogP contribution in [-0.4, -0.2) is 81.3 Å². The van der Waals surface area contributed by atoms with E-state index in [-0.39, 0.29) is 19.6 Å². The van der Waals surface area contributed by atoms with Crippen LogP contribution >= 0.6 is 0 Å². The molecule has 0 aromatic rings. The number of aliphatic hydroxyl groups excluding tert-OH is 6. The molecule has 4 unspecified atom stereocenters. The second-order valence-corrected chi connectivity index (χ2v) is 9.25. The summed E-state index contributed by atoms with van der Waals surface area (Å²) in [7, 11) is 0. The number of carbonyl (C=O) groups excluding carboxylic acids is 1. The molecule has 0 radical (unpaired) electrons. The van der Waals surface area contributed by atoms with Crippen molar-refractivity contribution in [1.82, 2.24) is 0 Å². The first-order chi connectivity index (χ1) is 15.9. The maximum Gasteiger partial charge on any atom is 0.309 e. The Labute approximate surface area is 200 Å². The summed E-state index contributed by atoms with van der Waals surface area (Å²) in [5.74, 6) is -1.02. The Kier molecular flexibility index (Phi) is 22.5. The minimum atomic E-state index is -1.10. The normalized spacial score (nSPS) is 15.2. The van der Waals surface area contributed by atoms with Crippen molar-refractivity contribution in [2.45, 2.75) is 121 Å². The van der Waals surface area contributed by atoms with Crippen LogP contribution < -0.4 is 0 Å². The van der Waals surface area contributed by atoms with Crippen LogP contribution in [0.15, 0.2) is 0 Å². The molecular weight excluding hydrogens is 428 g/mol. The van der Waals surface area contributed by atoms with Crippen LogP contribution in [0, 0.1) is 5.92 Å². The molecule has 0 rings (SSSR count). The molecule has 0 heterocycles. The monoisotopic (exact) mass is 478 g/mol. The van der Waals surface area contributed by atoms with Crippen LogP contribution in [0.1, 0.15) is 103 Å². The van der Waals surface area contributed by atoms with Crippen LogP contribution in [0.2, 0.25) is 0 Å². The van der Waals surface area contributed by atoms with Gasteiger partial charge < -0.3 is 35.4 Å². The van der Waals surface area contributed by atoms with Gasteiger partial charge in [0.2, 0.25) is 0 Å². The van der Waals surface area contributed by atoms with Gasteiger partial charge in [0.25, 0.3) is 0 Å². The Morgan fingerprint density at radius 1 is 0.545 bits per heavy atom. The molecule has 0 aromatic heterocycles. The molecule has 0 aliphatic heterocycles. The highest BCUT2D eigenvalue weighted by Crippen LogP contribution is 2.19. The first-order valence-electron chi connectivity index (χ1n) is 13.0.